The van der Waals surface area contributed by atoms with Gasteiger partial charge in [0.2, 0.25) is 5.91 Å². The van der Waals surface area contributed by atoms with E-state index in [1.807, 2.05) is 36.9 Å². The Balaban J connectivity index is 1.72. The summed E-state index contributed by atoms with van der Waals surface area (Å²) in [7, 11) is 0. The topological polar surface area (TPSA) is 43.8 Å². The first kappa shape index (κ1) is 15.8. The molecule has 0 radical (unpaired) electrons. The highest BCUT2D eigenvalue weighted by molar-refractivity contribution is 5.87. The van der Waals surface area contributed by atoms with Crippen LogP contribution in [0.15, 0.2) is 36.4 Å². The predicted octanol–water partition coefficient (Wildman–Crippen LogP) is 2.85. The van der Waals surface area contributed by atoms with Crippen molar-refractivity contribution in [3.8, 4) is 5.75 Å². The van der Waals surface area contributed by atoms with Gasteiger partial charge in [-0.15, -0.1) is 0 Å². The molecule has 122 valence electrons. The summed E-state index contributed by atoms with van der Waals surface area (Å²) in [6.45, 7) is 7.84. The maximum atomic E-state index is 12.1. The minimum Gasteiger partial charge on any atom is -0.508 e. The van der Waals surface area contributed by atoms with Crippen molar-refractivity contribution in [2.45, 2.75) is 20.4 Å². The van der Waals surface area contributed by atoms with Gasteiger partial charge in [-0.25, -0.2) is 0 Å². The molecule has 3 rings (SSSR count). The Kier molecular flexibility index (Phi) is 4.53. The van der Waals surface area contributed by atoms with Gasteiger partial charge in [-0.2, -0.15) is 0 Å². The van der Waals surface area contributed by atoms with E-state index in [4.69, 9.17) is 0 Å². The van der Waals surface area contributed by atoms with Gasteiger partial charge >= 0.3 is 0 Å². The third-order valence-electron chi connectivity index (χ3n) is 4.58. The van der Waals surface area contributed by atoms with Crippen LogP contribution < -0.4 is 0 Å². The average molecular weight is 312 g/mol. The second-order valence-corrected chi connectivity index (χ2v) is 6.54. The van der Waals surface area contributed by atoms with E-state index in [0.717, 1.165) is 49.1 Å². The Morgan fingerprint density at radius 2 is 1.78 bits per heavy atom. The van der Waals surface area contributed by atoms with E-state index >= 15 is 0 Å². The molecule has 4 heteroatoms. The van der Waals surface area contributed by atoms with Gasteiger partial charge in [0.25, 0.3) is 0 Å². The van der Waals surface area contributed by atoms with Crippen molar-refractivity contribution in [2.75, 3.05) is 26.2 Å². The number of nitrogens with zero attached hydrogens (tertiary/aromatic N) is 2. The summed E-state index contributed by atoms with van der Waals surface area (Å²) in [5, 5.41) is 12.5. The standard InChI is InChI=1S/C19H24N2O2/c1-14(2)19(23)21-11-9-20(10-12-21)13-17-16-6-4-3-5-15(16)7-8-18(17)22/h3-8,14,22H,9-13H2,1-2H3. The van der Waals surface area contributed by atoms with Crippen LogP contribution >= 0.6 is 0 Å². The lowest BCUT2D eigenvalue weighted by Crippen LogP contribution is -2.49. The Morgan fingerprint density at radius 1 is 1.09 bits per heavy atom. The zero-order valence-electron chi connectivity index (χ0n) is 13.8. The lowest BCUT2D eigenvalue weighted by Gasteiger charge is -2.35. The summed E-state index contributed by atoms with van der Waals surface area (Å²) in [5.41, 5.74) is 0.978. The summed E-state index contributed by atoms with van der Waals surface area (Å²) in [6, 6.07) is 11.9. The zero-order valence-corrected chi connectivity index (χ0v) is 13.8. The number of benzene rings is 2. The highest BCUT2D eigenvalue weighted by Crippen LogP contribution is 2.28. The van der Waals surface area contributed by atoms with Gasteiger partial charge in [0, 0.05) is 44.2 Å². The van der Waals surface area contributed by atoms with Crippen LogP contribution in [0.5, 0.6) is 5.75 Å². The monoisotopic (exact) mass is 312 g/mol. The minimum absolute atomic E-state index is 0.0589. The number of amides is 1. The third-order valence-corrected chi connectivity index (χ3v) is 4.58. The molecule has 1 saturated heterocycles. The molecular formula is C19H24N2O2. The van der Waals surface area contributed by atoms with E-state index in [-0.39, 0.29) is 11.8 Å². The largest absolute Gasteiger partial charge is 0.508 e. The Labute approximate surface area is 137 Å². The lowest BCUT2D eigenvalue weighted by atomic mass is 10.0. The number of hydrogen-bond donors (Lipinski definition) is 1. The number of phenolic OH excluding ortho intramolecular Hbond substituents is 1. The maximum absolute atomic E-state index is 12.1. The number of phenols is 1. The van der Waals surface area contributed by atoms with Gasteiger partial charge in [-0.3, -0.25) is 9.69 Å². The van der Waals surface area contributed by atoms with Crippen molar-refractivity contribution < 1.29 is 9.90 Å². The van der Waals surface area contributed by atoms with Crippen LogP contribution in [-0.4, -0.2) is 47.0 Å². The van der Waals surface area contributed by atoms with Crippen molar-refractivity contribution in [3.63, 3.8) is 0 Å². The molecule has 2 aromatic carbocycles. The number of hydrogen-bond acceptors (Lipinski definition) is 3. The second-order valence-electron chi connectivity index (χ2n) is 6.54. The van der Waals surface area contributed by atoms with Crippen LogP contribution in [0, 0.1) is 5.92 Å². The van der Waals surface area contributed by atoms with Crippen molar-refractivity contribution >= 4 is 16.7 Å². The van der Waals surface area contributed by atoms with Crippen LogP contribution in [-0.2, 0) is 11.3 Å². The molecule has 0 aromatic heterocycles. The van der Waals surface area contributed by atoms with Crippen molar-refractivity contribution in [1.82, 2.24) is 9.80 Å². The fourth-order valence-electron chi connectivity index (χ4n) is 3.21. The van der Waals surface area contributed by atoms with E-state index in [0.29, 0.717) is 5.75 Å². The van der Waals surface area contributed by atoms with Crippen LogP contribution in [0.1, 0.15) is 19.4 Å². The molecule has 0 bridgehead atoms. The summed E-state index contributed by atoms with van der Waals surface area (Å²) < 4.78 is 0. The quantitative estimate of drug-likeness (QED) is 0.948. The normalized spacial score (nSPS) is 16.2. The number of aromatic hydroxyl groups is 1. The minimum atomic E-state index is 0.0589. The van der Waals surface area contributed by atoms with E-state index in [9.17, 15) is 9.90 Å². The van der Waals surface area contributed by atoms with Gasteiger partial charge in [-0.1, -0.05) is 44.2 Å². The fourth-order valence-corrected chi connectivity index (χ4v) is 3.21. The molecule has 4 nitrogen and oxygen atoms in total. The van der Waals surface area contributed by atoms with Crippen molar-refractivity contribution in [2.24, 2.45) is 5.92 Å². The molecule has 0 spiro atoms. The van der Waals surface area contributed by atoms with Gasteiger partial charge in [0.1, 0.15) is 5.75 Å². The molecule has 0 unspecified atom stereocenters. The first-order valence-electron chi connectivity index (χ1n) is 8.27. The first-order chi connectivity index (χ1) is 11.1. The van der Waals surface area contributed by atoms with Crippen LogP contribution in [0.25, 0.3) is 10.8 Å². The highest BCUT2D eigenvalue weighted by atomic mass is 16.3. The Morgan fingerprint density at radius 3 is 2.48 bits per heavy atom. The summed E-state index contributed by atoms with van der Waals surface area (Å²) in [6.07, 6.45) is 0. The number of piperazine rings is 1. The Bertz CT molecular complexity index is 704. The van der Waals surface area contributed by atoms with Crippen molar-refractivity contribution in [3.05, 3.63) is 42.0 Å². The summed E-state index contributed by atoms with van der Waals surface area (Å²) >= 11 is 0. The Hall–Kier alpha value is -2.07. The van der Waals surface area contributed by atoms with Gasteiger partial charge in [-0.05, 0) is 16.8 Å². The highest BCUT2D eigenvalue weighted by Gasteiger charge is 2.23. The third kappa shape index (κ3) is 3.32. The maximum Gasteiger partial charge on any atom is 0.225 e. The zero-order chi connectivity index (χ0) is 16.4. The number of carbonyl (C=O) groups excluding carboxylic acids is 1. The summed E-state index contributed by atoms with van der Waals surface area (Å²) in [4.78, 5) is 16.3. The molecule has 2 aromatic rings. The average Bonchev–Trinajstić information content (AvgIpc) is 2.57. The van der Waals surface area contributed by atoms with Crippen LogP contribution in [0.2, 0.25) is 0 Å². The van der Waals surface area contributed by atoms with Crippen LogP contribution in [0.4, 0.5) is 0 Å². The van der Waals surface area contributed by atoms with E-state index in [1.165, 1.54) is 0 Å². The van der Waals surface area contributed by atoms with E-state index in [2.05, 4.69) is 17.0 Å². The molecule has 1 aliphatic heterocycles. The molecular weight excluding hydrogens is 288 g/mol. The van der Waals surface area contributed by atoms with E-state index in [1.54, 1.807) is 6.07 Å². The van der Waals surface area contributed by atoms with E-state index < -0.39 is 0 Å². The molecule has 1 N–H and O–H groups in total. The molecule has 1 amide bonds. The van der Waals surface area contributed by atoms with Crippen molar-refractivity contribution in [1.29, 1.82) is 0 Å². The molecule has 1 aliphatic rings. The number of rotatable bonds is 3. The van der Waals surface area contributed by atoms with Gasteiger partial charge in [0.15, 0.2) is 0 Å². The lowest BCUT2D eigenvalue weighted by molar-refractivity contribution is -0.136. The smallest absolute Gasteiger partial charge is 0.225 e. The molecule has 23 heavy (non-hydrogen) atoms. The molecule has 1 heterocycles. The molecule has 0 saturated carbocycles. The SMILES string of the molecule is CC(C)C(=O)N1CCN(Cc2c(O)ccc3ccccc23)CC1. The fraction of sp³-hybridized carbons (Fsp3) is 0.421. The molecule has 0 aliphatic carbocycles. The molecule has 0 atom stereocenters. The van der Waals surface area contributed by atoms with Gasteiger partial charge in [0.05, 0.1) is 0 Å². The van der Waals surface area contributed by atoms with Gasteiger partial charge < -0.3 is 10.0 Å². The number of fused-ring (bicyclic) bond motifs is 1. The second kappa shape index (κ2) is 6.59. The first-order valence-corrected chi connectivity index (χ1v) is 8.27. The molecule has 1 fully saturated rings. The van der Waals surface area contributed by atoms with Crippen LogP contribution in [0.3, 0.4) is 0 Å². The number of carbonyl (C=O) groups is 1. The predicted molar refractivity (Wildman–Crippen MR) is 92.3 cm³/mol. The summed E-state index contributed by atoms with van der Waals surface area (Å²) in [5.74, 6) is 0.644.